The number of nitrogens with one attached hydrogen (secondary N) is 2. The van der Waals surface area contributed by atoms with Crippen molar-refractivity contribution in [2.45, 2.75) is 111 Å². The third-order valence-corrected chi connectivity index (χ3v) is 12.7. The Labute approximate surface area is 303 Å². The fraction of sp³-hybridized carbons (Fsp3) is 0.600. The summed E-state index contributed by atoms with van der Waals surface area (Å²) in [5.74, 6) is -0.0129. The van der Waals surface area contributed by atoms with Gasteiger partial charge in [0.05, 0.1) is 18.0 Å². The van der Waals surface area contributed by atoms with Crippen LogP contribution in [0, 0.1) is 23.7 Å². The van der Waals surface area contributed by atoms with E-state index in [0.29, 0.717) is 43.7 Å². The SMILES string of the molecule is CCc1ccc2c(c1)CCCCOc1ccc(C(=O)N=S(=O)(C[C@@H](C)C/C=C/[C@H](CC)C3CCC3)NC(=O)N[C@H]3C[C@@H]3C(F)F)cc1N(CC)C2. The molecular formula is C40H56F2N4O4S. The predicted molar refractivity (Wildman–Crippen MR) is 201 cm³/mol. The third kappa shape index (κ3) is 10.5. The molecular weight excluding hydrogens is 671 g/mol. The molecule has 2 saturated carbocycles. The Balaban J connectivity index is 1.40. The average molecular weight is 727 g/mol. The first-order chi connectivity index (χ1) is 24.5. The van der Waals surface area contributed by atoms with Gasteiger partial charge in [0.1, 0.15) is 15.7 Å². The lowest BCUT2D eigenvalue weighted by atomic mass is 9.74. The van der Waals surface area contributed by atoms with Gasteiger partial charge in [-0.15, -0.1) is 4.36 Å². The van der Waals surface area contributed by atoms with Gasteiger partial charge in [0, 0.05) is 30.6 Å². The zero-order valence-corrected chi connectivity index (χ0v) is 31.5. The van der Waals surface area contributed by atoms with Gasteiger partial charge in [-0.25, -0.2) is 17.8 Å². The number of urea groups is 1. The molecule has 0 saturated heterocycles. The highest BCUT2D eigenvalue weighted by molar-refractivity contribution is 7.92. The largest absolute Gasteiger partial charge is 0.491 e. The Bertz CT molecular complexity index is 1670. The van der Waals surface area contributed by atoms with E-state index in [-0.39, 0.29) is 23.7 Å². The average Bonchev–Trinajstić information content (AvgIpc) is 3.85. The first-order valence-electron chi connectivity index (χ1n) is 19.0. The minimum atomic E-state index is -3.62. The normalized spacial score (nSPS) is 21.6. The van der Waals surface area contributed by atoms with E-state index in [4.69, 9.17) is 4.74 Å². The summed E-state index contributed by atoms with van der Waals surface area (Å²) in [5.41, 5.74) is 4.82. The number of alkyl halides is 2. The first-order valence-corrected chi connectivity index (χ1v) is 20.6. The molecule has 2 aromatic carbocycles. The Morgan fingerprint density at radius 1 is 1.08 bits per heavy atom. The van der Waals surface area contributed by atoms with Crippen LogP contribution in [0.3, 0.4) is 0 Å². The molecule has 3 amide bonds. The molecule has 51 heavy (non-hydrogen) atoms. The van der Waals surface area contributed by atoms with E-state index in [1.807, 2.05) is 6.92 Å². The Hall–Kier alpha value is -3.47. The van der Waals surface area contributed by atoms with Gasteiger partial charge in [-0.05, 0) is 117 Å². The molecule has 0 spiro atoms. The molecule has 8 nitrogen and oxygen atoms in total. The van der Waals surface area contributed by atoms with Crippen molar-refractivity contribution in [3.8, 4) is 5.75 Å². The van der Waals surface area contributed by atoms with Crippen LogP contribution in [-0.2, 0) is 29.3 Å². The zero-order valence-electron chi connectivity index (χ0n) is 30.7. The summed E-state index contributed by atoms with van der Waals surface area (Å²) in [6.07, 6.45) is 11.2. The van der Waals surface area contributed by atoms with Crippen molar-refractivity contribution in [2.75, 3.05) is 23.8 Å². The summed E-state index contributed by atoms with van der Waals surface area (Å²) in [7, 11) is -3.62. The maximum atomic E-state index is 14.4. The van der Waals surface area contributed by atoms with Crippen LogP contribution in [0.2, 0.25) is 0 Å². The van der Waals surface area contributed by atoms with Gasteiger partial charge in [0.15, 0.2) is 0 Å². The molecule has 1 heterocycles. The van der Waals surface area contributed by atoms with Crippen molar-refractivity contribution in [3.63, 3.8) is 0 Å². The van der Waals surface area contributed by atoms with E-state index in [9.17, 15) is 22.6 Å². The number of aryl methyl sites for hydroxylation is 2. The molecule has 1 aliphatic heterocycles. The van der Waals surface area contributed by atoms with Gasteiger partial charge in [-0.2, -0.15) is 0 Å². The molecule has 5 rings (SSSR count). The molecule has 0 aromatic heterocycles. The number of hydrogen-bond acceptors (Lipinski definition) is 5. The minimum Gasteiger partial charge on any atom is -0.491 e. The second-order valence-corrected chi connectivity index (χ2v) is 16.6. The van der Waals surface area contributed by atoms with Crippen molar-refractivity contribution < 1.29 is 27.3 Å². The van der Waals surface area contributed by atoms with E-state index < -0.39 is 40.2 Å². The second-order valence-electron chi connectivity index (χ2n) is 14.6. The topological polar surface area (TPSA) is 100 Å². The fourth-order valence-electron chi connectivity index (χ4n) is 7.20. The molecule has 2 aliphatic carbocycles. The summed E-state index contributed by atoms with van der Waals surface area (Å²) < 4.78 is 53.5. The Kier molecular flexibility index (Phi) is 13.6. The second kappa shape index (κ2) is 17.8. The van der Waals surface area contributed by atoms with Crippen molar-refractivity contribution in [3.05, 3.63) is 70.8 Å². The van der Waals surface area contributed by atoms with E-state index in [1.165, 1.54) is 36.0 Å². The monoisotopic (exact) mass is 726 g/mol. The lowest BCUT2D eigenvalue weighted by Crippen LogP contribution is -2.43. The molecule has 5 atom stereocenters. The highest BCUT2D eigenvalue weighted by Crippen LogP contribution is 2.37. The summed E-state index contributed by atoms with van der Waals surface area (Å²) >= 11 is 0. The highest BCUT2D eigenvalue weighted by atomic mass is 32.2. The van der Waals surface area contributed by atoms with Gasteiger partial charge in [-0.3, -0.25) is 9.52 Å². The van der Waals surface area contributed by atoms with Crippen LogP contribution >= 0.6 is 0 Å². The predicted octanol–water partition coefficient (Wildman–Crippen LogP) is 8.88. The molecule has 0 radical (unpaired) electrons. The van der Waals surface area contributed by atoms with E-state index >= 15 is 0 Å². The van der Waals surface area contributed by atoms with Crippen LogP contribution in [0.5, 0.6) is 5.75 Å². The minimum absolute atomic E-state index is 0.0642. The maximum Gasteiger partial charge on any atom is 0.327 e. The lowest BCUT2D eigenvalue weighted by molar-refractivity contribution is 0.100. The van der Waals surface area contributed by atoms with Crippen LogP contribution in [0.4, 0.5) is 19.3 Å². The standard InChI is InChI=1S/C40H56F2N4O4S/c1-5-28-17-18-33-25-46(7-3)36-23-32(19-20-37(36)50-21-9-8-13-31(33)22-28)39(47)44-51(49,45-40(48)43-35-24-34(35)38(41)42)26-27(4)12-10-14-29(6-2)30-15-11-16-30/h10,14,17-20,22-23,27,29-30,34-35,38H,5-9,11-13,15-16,21,24-26H2,1-4H3,(H2,43,44,45,47,48,49)/b14-10+/t27-,29-,34-,35-,51?/m0/s1. The summed E-state index contributed by atoms with van der Waals surface area (Å²) in [6.45, 7) is 10.1. The van der Waals surface area contributed by atoms with Gasteiger partial charge in [0.25, 0.3) is 5.91 Å². The molecule has 2 N–H and O–H groups in total. The van der Waals surface area contributed by atoms with E-state index in [2.05, 4.69) is 70.4 Å². The van der Waals surface area contributed by atoms with Crippen molar-refractivity contribution >= 4 is 27.5 Å². The molecule has 3 aliphatic rings. The number of anilines is 1. The van der Waals surface area contributed by atoms with Crippen LogP contribution < -0.4 is 19.7 Å². The number of ether oxygens (including phenoxy) is 1. The Morgan fingerprint density at radius 2 is 1.88 bits per heavy atom. The smallest absolute Gasteiger partial charge is 0.327 e. The summed E-state index contributed by atoms with van der Waals surface area (Å²) in [5, 5.41) is 2.50. The Morgan fingerprint density at radius 3 is 2.55 bits per heavy atom. The first kappa shape index (κ1) is 38.8. The number of amides is 3. The van der Waals surface area contributed by atoms with Crippen molar-refractivity contribution in [1.82, 2.24) is 10.0 Å². The van der Waals surface area contributed by atoms with E-state index in [0.717, 1.165) is 37.8 Å². The quantitative estimate of drug-likeness (QED) is 0.201. The molecule has 11 heteroatoms. The maximum absolute atomic E-state index is 14.4. The third-order valence-electron chi connectivity index (χ3n) is 10.7. The van der Waals surface area contributed by atoms with Crippen LogP contribution in [0.15, 0.2) is 52.9 Å². The van der Waals surface area contributed by atoms with Gasteiger partial charge in [-0.1, -0.05) is 57.5 Å². The van der Waals surface area contributed by atoms with Gasteiger partial charge < -0.3 is 15.0 Å². The fourth-order valence-corrected chi connectivity index (χ4v) is 9.04. The number of halogens is 2. The number of carbonyl (C=O) groups is 2. The molecule has 2 fully saturated rings. The molecule has 2 aromatic rings. The van der Waals surface area contributed by atoms with E-state index in [1.54, 1.807) is 18.2 Å². The lowest BCUT2D eigenvalue weighted by Gasteiger charge is -2.31. The van der Waals surface area contributed by atoms with Crippen molar-refractivity contribution in [1.29, 1.82) is 0 Å². The number of nitrogens with zero attached hydrogens (tertiary/aromatic N) is 2. The van der Waals surface area contributed by atoms with Crippen LogP contribution in [0.1, 0.15) is 106 Å². The van der Waals surface area contributed by atoms with Gasteiger partial charge >= 0.3 is 6.03 Å². The summed E-state index contributed by atoms with van der Waals surface area (Å²) in [6, 6.07) is 10.2. The number of rotatable bonds is 13. The molecule has 0 bridgehead atoms. The number of fused-ring (bicyclic) bond motifs is 2. The number of carbonyl (C=O) groups excluding carboxylic acids is 2. The zero-order chi connectivity index (χ0) is 36.5. The van der Waals surface area contributed by atoms with Crippen LogP contribution in [-0.4, -0.2) is 47.5 Å². The number of allylic oxidation sites excluding steroid dienone is 2. The number of hydrogen-bond donors (Lipinski definition) is 2. The highest BCUT2D eigenvalue weighted by Gasteiger charge is 2.45. The molecule has 280 valence electrons. The number of benzene rings is 2. The summed E-state index contributed by atoms with van der Waals surface area (Å²) in [4.78, 5) is 29.0. The van der Waals surface area contributed by atoms with Crippen molar-refractivity contribution in [2.24, 2.45) is 28.0 Å². The van der Waals surface area contributed by atoms with Crippen LogP contribution in [0.25, 0.3) is 0 Å². The van der Waals surface area contributed by atoms with Gasteiger partial charge in [0.2, 0.25) is 6.43 Å². The molecule has 1 unspecified atom stereocenters.